The van der Waals surface area contributed by atoms with Crippen molar-refractivity contribution in [2.75, 3.05) is 13.1 Å². The van der Waals surface area contributed by atoms with Crippen LogP contribution in [0.5, 0.6) is 0 Å². The van der Waals surface area contributed by atoms with E-state index in [1.807, 2.05) is 5.48 Å². The minimum Gasteiger partial charge on any atom is -0.300 e. The summed E-state index contributed by atoms with van der Waals surface area (Å²) >= 11 is 3.34. The number of thioether (sulfide) groups is 2. The van der Waals surface area contributed by atoms with E-state index >= 15 is 0 Å². The van der Waals surface area contributed by atoms with Crippen LogP contribution in [0.15, 0.2) is 69.3 Å². The van der Waals surface area contributed by atoms with Gasteiger partial charge in [0, 0.05) is 33.8 Å². The molecule has 2 fully saturated rings. The number of nitrogens with zero attached hydrogens (tertiary/aromatic N) is 1. The summed E-state index contributed by atoms with van der Waals surface area (Å²) < 4.78 is -0.590. The lowest BCUT2D eigenvalue weighted by Gasteiger charge is -2.39. The lowest BCUT2D eigenvalue weighted by atomic mass is 9.95. The summed E-state index contributed by atoms with van der Waals surface area (Å²) in [6.07, 6.45) is 15.7. The van der Waals surface area contributed by atoms with Crippen LogP contribution in [-0.4, -0.2) is 39.9 Å². The molecule has 0 atom stereocenters. The lowest BCUT2D eigenvalue weighted by molar-refractivity contribution is -0.133. The van der Waals surface area contributed by atoms with Gasteiger partial charge in [0.25, 0.3) is 5.91 Å². The zero-order valence-electron chi connectivity index (χ0n) is 15.8. The summed E-state index contributed by atoms with van der Waals surface area (Å²) in [6.45, 7) is 1.85. The molecule has 28 heavy (non-hydrogen) atoms. The van der Waals surface area contributed by atoms with Gasteiger partial charge in [-0.1, -0.05) is 36.1 Å². The Morgan fingerprint density at radius 2 is 1.82 bits per heavy atom. The highest BCUT2D eigenvalue weighted by molar-refractivity contribution is 8.03. The summed E-state index contributed by atoms with van der Waals surface area (Å²) in [6, 6.07) is 9.13. The van der Waals surface area contributed by atoms with Gasteiger partial charge in [0.15, 0.2) is 0 Å². The lowest BCUT2D eigenvalue weighted by Crippen LogP contribution is -2.51. The largest absolute Gasteiger partial charge is 0.300 e. The van der Waals surface area contributed by atoms with Gasteiger partial charge in [-0.05, 0) is 62.4 Å². The minimum atomic E-state index is -0.590. The predicted octanol–water partition coefficient (Wildman–Crippen LogP) is 4.77. The number of carbonyl (C=O) groups excluding carboxylic acids is 1. The van der Waals surface area contributed by atoms with Crippen LogP contribution in [0.25, 0.3) is 0 Å². The van der Waals surface area contributed by atoms with Gasteiger partial charge in [-0.2, -0.15) is 0 Å². The highest BCUT2D eigenvalue weighted by atomic mass is 32.2. The molecule has 0 bridgehead atoms. The SMILES string of the molecule is O=C(NO)C1(Sc2ccc(SC3=CCC=CC=C3)cc2)CCN(C2CC2)CC1. The Bertz CT molecular complexity index is 789. The first kappa shape index (κ1) is 19.8. The van der Waals surface area contributed by atoms with E-state index in [0.717, 1.165) is 43.3 Å². The molecule has 1 saturated carbocycles. The molecule has 1 amide bonds. The zero-order valence-corrected chi connectivity index (χ0v) is 17.5. The third-order valence-electron chi connectivity index (χ3n) is 5.52. The van der Waals surface area contributed by atoms with Crippen molar-refractivity contribution < 1.29 is 10.0 Å². The van der Waals surface area contributed by atoms with Crippen molar-refractivity contribution in [3.8, 4) is 0 Å². The molecule has 1 aliphatic heterocycles. The van der Waals surface area contributed by atoms with Crippen LogP contribution in [0.3, 0.4) is 0 Å². The zero-order chi connectivity index (χ0) is 19.4. The molecule has 0 unspecified atom stereocenters. The monoisotopic (exact) mass is 414 g/mol. The second-order valence-electron chi connectivity index (χ2n) is 7.51. The van der Waals surface area contributed by atoms with E-state index in [1.54, 1.807) is 23.5 Å². The average molecular weight is 415 g/mol. The molecule has 0 spiro atoms. The highest BCUT2D eigenvalue weighted by Gasteiger charge is 2.44. The van der Waals surface area contributed by atoms with Gasteiger partial charge in [0.2, 0.25) is 0 Å². The molecule has 6 heteroatoms. The molecule has 1 heterocycles. The number of amides is 1. The maximum Gasteiger partial charge on any atom is 0.260 e. The Hall–Kier alpha value is -1.47. The van der Waals surface area contributed by atoms with Crippen LogP contribution in [0.2, 0.25) is 0 Å². The van der Waals surface area contributed by atoms with Gasteiger partial charge < -0.3 is 4.90 Å². The Kier molecular flexibility index (Phi) is 6.31. The van der Waals surface area contributed by atoms with E-state index < -0.39 is 4.75 Å². The number of hydroxylamine groups is 1. The van der Waals surface area contributed by atoms with E-state index in [4.69, 9.17) is 0 Å². The smallest absolute Gasteiger partial charge is 0.260 e. The molecule has 148 valence electrons. The van der Waals surface area contributed by atoms with Crippen molar-refractivity contribution >= 4 is 29.4 Å². The number of piperidine rings is 1. The average Bonchev–Trinajstić information content (AvgIpc) is 3.57. The summed E-state index contributed by atoms with van der Waals surface area (Å²) in [5, 5.41) is 9.32. The van der Waals surface area contributed by atoms with Gasteiger partial charge in [-0.15, -0.1) is 11.8 Å². The number of carbonyl (C=O) groups is 1. The fraction of sp³-hybridized carbons (Fsp3) is 0.409. The van der Waals surface area contributed by atoms with Crippen molar-refractivity contribution in [3.63, 3.8) is 0 Å². The third kappa shape index (κ3) is 4.74. The molecule has 0 aromatic heterocycles. The van der Waals surface area contributed by atoms with Crippen molar-refractivity contribution in [3.05, 3.63) is 59.6 Å². The molecule has 4 nitrogen and oxygen atoms in total. The van der Waals surface area contributed by atoms with Gasteiger partial charge >= 0.3 is 0 Å². The van der Waals surface area contributed by atoms with Gasteiger partial charge in [0.1, 0.15) is 4.75 Å². The normalized spacial score (nSPS) is 21.8. The van der Waals surface area contributed by atoms with Crippen LogP contribution in [-0.2, 0) is 4.79 Å². The molecular weight excluding hydrogens is 388 g/mol. The van der Waals surface area contributed by atoms with Gasteiger partial charge in [-0.3, -0.25) is 10.0 Å². The number of hydrogen-bond acceptors (Lipinski definition) is 5. The van der Waals surface area contributed by atoms with Crippen LogP contribution >= 0.6 is 23.5 Å². The standard InChI is InChI=1S/C22H26N2O2S2/c25-21(23-26)22(13-15-24(16-14-22)17-7-8-17)28-20-11-9-19(10-12-20)27-18-5-3-1-2-4-6-18/h1-3,5-6,9-12,17,26H,4,7-8,13-16H2,(H,23,25). The van der Waals surface area contributed by atoms with Crippen LogP contribution in [0.4, 0.5) is 0 Å². The molecule has 0 radical (unpaired) electrons. The van der Waals surface area contributed by atoms with Crippen LogP contribution < -0.4 is 5.48 Å². The number of hydrogen-bond donors (Lipinski definition) is 2. The Balaban J connectivity index is 1.42. The number of benzene rings is 1. The number of rotatable bonds is 6. The Labute approximate surface area is 175 Å². The van der Waals surface area contributed by atoms with Crippen molar-refractivity contribution in [1.29, 1.82) is 0 Å². The first-order valence-corrected chi connectivity index (χ1v) is 11.5. The van der Waals surface area contributed by atoms with Gasteiger partial charge in [0.05, 0.1) is 0 Å². The Morgan fingerprint density at radius 3 is 2.50 bits per heavy atom. The molecule has 1 aromatic carbocycles. The van der Waals surface area contributed by atoms with Crippen LogP contribution in [0.1, 0.15) is 32.1 Å². The fourth-order valence-electron chi connectivity index (χ4n) is 3.74. The summed E-state index contributed by atoms with van der Waals surface area (Å²) in [5.41, 5.74) is 1.92. The molecule has 4 rings (SSSR count). The van der Waals surface area contributed by atoms with Gasteiger partial charge in [-0.25, -0.2) is 5.48 Å². The minimum absolute atomic E-state index is 0.271. The quantitative estimate of drug-likeness (QED) is 0.519. The molecule has 1 aromatic rings. The fourth-order valence-corrected chi connectivity index (χ4v) is 5.86. The van der Waals surface area contributed by atoms with Crippen molar-refractivity contribution in [2.24, 2.45) is 0 Å². The number of likely N-dealkylation sites (tertiary alicyclic amines) is 1. The third-order valence-corrected chi connectivity index (χ3v) is 8.06. The van der Waals surface area contributed by atoms with E-state index in [-0.39, 0.29) is 5.91 Å². The van der Waals surface area contributed by atoms with Crippen molar-refractivity contribution in [2.45, 2.75) is 52.7 Å². The first-order chi connectivity index (χ1) is 13.7. The maximum absolute atomic E-state index is 12.5. The summed E-state index contributed by atoms with van der Waals surface area (Å²) in [5.74, 6) is -0.271. The molecule has 2 aliphatic carbocycles. The number of nitrogens with one attached hydrogen (secondary N) is 1. The number of allylic oxidation sites excluding steroid dienone is 5. The van der Waals surface area contributed by atoms with E-state index in [1.165, 1.54) is 22.6 Å². The molecule has 1 saturated heterocycles. The predicted molar refractivity (Wildman–Crippen MR) is 116 cm³/mol. The molecule has 2 N–H and O–H groups in total. The topological polar surface area (TPSA) is 52.6 Å². The first-order valence-electron chi connectivity index (χ1n) is 9.87. The highest BCUT2D eigenvalue weighted by Crippen LogP contribution is 2.43. The maximum atomic E-state index is 12.5. The van der Waals surface area contributed by atoms with Crippen molar-refractivity contribution in [1.82, 2.24) is 10.4 Å². The summed E-state index contributed by atoms with van der Waals surface area (Å²) in [4.78, 5) is 18.5. The molecule has 3 aliphatic rings. The van der Waals surface area contributed by atoms with E-state index in [0.29, 0.717) is 0 Å². The Morgan fingerprint density at radius 1 is 1.11 bits per heavy atom. The molecular formula is C22H26N2O2S2. The van der Waals surface area contributed by atoms with Crippen LogP contribution in [0, 0.1) is 0 Å². The van der Waals surface area contributed by atoms with E-state index in [9.17, 15) is 10.0 Å². The second kappa shape index (κ2) is 8.91. The second-order valence-corrected chi connectivity index (χ2v) is 10.1. The van der Waals surface area contributed by atoms with E-state index in [2.05, 4.69) is 59.5 Å². The summed E-state index contributed by atoms with van der Waals surface area (Å²) in [7, 11) is 0.